The van der Waals surface area contributed by atoms with Gasteiger partial charge in [0.25, 0.3) is 5.91 Å². The largest absolute Gasteiger partial charge is 0.356 e. The van der Waals surface area contributed by atoms with E-state index in [1.54, 1.807) is 23.6 Å². The molecular formula is C18H20N4O3S. The highest BCUT2D eigenvalue weighted by Gasteiger charge is 2.11. The van der Waals surface area contributed by atoms with Crippen LogP contribution < -0.4 is 5.32 Å². The van der Waals surface area contributed by atoms with E-state index in [1.807, 2.05) is 17.5 Å². The highest BCUT2D eigenvalue weighted by Crippen LogP contribution is 2.21. The smallest absolute Gasteiger partial charge is 0.267 e. The third-order valence-corrected chi connectivity index (χ3v) is 4.76. The number of thiophene rings is 1. The molecule has 136 valence electrons. The maximum atomic E-state index is 12.0. The minimum atomic E-state index is -0.199. The second-order valence-electron chi connectivity index (χ2n) is 5.91. The predicted molar refractivity (Wildman–Crippen MR) is 98.3 cm³/mol. The van der Waals surface area contributed by atoms with Crippen molar-refractivity contribution in [2.45, 2.75) is 32.6 Å². The van der Waals surface area contributed by atoms with Crippen LogP contribution in [0.1, 0.15) is 52.9 Å². The lowest BCUT2D eigenvalue weighted by atomic mass is 10.2. The van der Waals surface area contributed by atoms with Crippen molar-refractivity contribution in [3.63, 3.8) is 0 Å². The number of ketones is 1. The molecule has 0 saturated carbocycles. The highest BCUT2D eigenvalue weighted by atomic mass is 32.1. The number of nitrogens with one attached hydrogen (secondary N) is 2. The van der Waals surface area contributed by atoms with Gasteiger partial charge in [-0.2, -0.15) is 4.98 Å². The van der Waals surface area contributed by atoms with Gasteiger partial charge in [-0.25, -0.2) is 0 Å². The zero-order chi connectivity index (χ0) is 18.4. The van der Waals surface area contributed by atoms with Crippen LogP contribution in [-0.2, 0) is 6.42 Å². The van der Waals surface area contributed by atoms with Gasteiger partial charge in [0.2, 0.25) is 11.7 Å². The van der Waals surface area contributed by atoms with Gasteiger partial charge in [-0.3, -0.25) is 9.59 Å². The lowest BCUT2D eigenvalue weighted by molar-refractivity contribution is 0.0948. The number of aryl methyl sites for hydroxylation is 1. The maximum Gasteiger partial charge on any atom is 0.267 e. The molecule has 3 rings (SSSR count). The molecular weight excluding hydrogens is 352 g/mol. The monoisotopic (exact) mass is 372 g/mol. The molecule has 0 aliphatic carbocycles. The molecule has 26 heavy (non-hydrogen) atoms. The van der Waals surface area contributed by atoms with Gasteiger partial charge in [0.1, 0.15) is 5.69 Å². The standard InChI is InChI=1S/C18H20N4O3S/c1-12(23)13-10-14(20-11-13)18(24)19-8-4-2-3-7-16-21-17(22-25-16)15-6-5-9-26-15/h5-6,9-11,20H,2-4,7-8H2,1H3,(H,19,24). The van der Waals surface area contributed by atoms with Gasteiger partial charge in [-0.15, -0.1) is 11.3 Å². The van der Waals surface area contributed by atoms with Crippen LogP contribution in [0.25, 0.3) is 10.7 Å². The van der Waals surface area contributed by atoms with Crippen molar-refractivity contribution in [1.29, 1.82) is 0 Å². The van der Waals surface area contributed by atoms with E-state index in [0.717, 1.165) is 30.6 Å². The number of carbonyl (C=O) groups is 2. The quantitative estimate of drug-likeness (QED) is 0.442. The predicted octanol–water partition coefficient (Wildman–Crippen LogP) is 3.47. The molecule has 0 aliphatic rings. The van der Waals surface area contributed by atoms with Gasteiger partial charge in [0, 0.05) is 24.7 Å². The molecule has 8 heteroatoms. The van der Waals surface area contributed by atoms with Crippen LogP contribution >= 0.6 is 11.3 Å². The minimum Gasteiger partial charge on any atom is -0.356 e. The number of H-pyrrole nitrogens is 1. The molecule has 7 nitrogen and oxygen atoms in total. The van der Waals surface area contributed by atoms with Crippen LogP contribution in [0.5, 0.6) is 0 Å². The number of hydrogen-bond donors (Lipinski definition) is 2. The fourth-order valence-corrected chi connectivity index (χ4v) is 3.12. The number of nitrogens with zero attached hydrogens (tertiary/aromatic N) is 2. The first-order valence-electron chi connectivity index (χ1n) is 8.47. The topological polar surface area (TPSA) is 101 Å². The van der Waals surface area contributed by atoms with Crippen LogP contribution in [0.3, 0.4) is 0 Å². The normalized spacial score (nSPS) is 10.8. The summed E-state index contributed by atoms with van der Waals surface area (Å²) in [6, 6.07) is 5.49. The maximum absolute atomic E-state index is 12.0. The molecule has 0 aromatic carbocycles. The zero-order valence-corrected chi connectivity index (χ0v) is 15.3. The number of unbranched alkanes of at least 4 members (excludes halogenated alkanes) is 2. The van der Waals surface area contributed by atoms with E-state index in [2.05, 4.69) is 20.4 Å². The summed E-state index contributed by atoms with van der Waals surface area (Å²) in [5.74, 6) is 1.01. The lowest BCUT2D eigenvalue weighted by Crippen LogP contribution is -2.24. The van der Waals surface area contributed by atoms with E-state index >= 15 is 0 Å². The molecule has 0 unspecified atom stereocenters. The summed E-state index contributed by atoms with van der Waals surface area (Å²) in [6.07, 6.45) is 4.99. The fourth-order valence-electron chi connectivity index (χ4n) is 2.47. The second kappa shape index (κ2) is 8.57. The Morgan fingerprint density at radius 3 is 2.92 bits per heavy atom. The van der Waals surface area contributed by atoms with Crippen LogP contribution in [0.2, 0.25) is 0 Å². The van der Waals surface area contributed by atoms with Crippen molar-refractivity contribution in [3.8, 4) is 10.7 Å². The van der Waals surface area contributed by atoms with E-state index in [0.29, 0.717) is 29.5 Å². The second-order valence-corrected chi connectivity index (χ2v) is 6.86. The van der Waals surface area contributed by atoms with Crippen LogP contribution in [0, 0.1) is 0 Å². The summed E-state index contributed by atoms with van der Waals surface area (Å²) in [4.78, 5) is 31.4. The molecule has 0 radical (unpaired) electrons. The summed E-state index contributed by atoms with van der Waals surface area (Å²) in [5.41, 5.74) is 0.916. The molecule has 0 spiro atoms. The molecule has 2 N–H and O–H groups in total. The van der Waals surface area contributed by atoms with Crippen LogP contribution in [0.15, 0.2) is 34.3 Å². The van der Waals surface area contributed by atoms with Gasteiger partial charge in [-0.05, 0) is 37.3 Å². The first-order chi connectivity index (χ1) is 12.6. The number of aromatic nitrogens is 3. The molecule has 0 saturated heterocycles. The van der Waals surface area contributed by atoms with E-state index in [1.165, 1.54) is 6.92 Å². The number of aromatic amines is 1. The first-order valence-corrected chi connectivity index (χ1v) is 9.35. The average Bonchev–Trinajstić information content (AvgIpc) is 3.38. The number of Topliss-reactive ketones (excluding diaryl/α,β-unsaturated/α-hetero) is 1. The zero-order valence-electron chi connectivity index (χ0n) is 14.4. The van der Waals surface area contributed by atoms with Crippen molar-refractivity contribution in [2.75, 3.05) is 6.54 Å². The van der Waals surface area contributed by atoms with Gasteiger partial charge in [0.05, 0.1) is 4.88 Å². The summed E-state index contributed by atoms with van der Waals surface area (Å²) >= 11 is 1.58. The fraction of sp³-hybridized carbons (Fsp3) is 0.333. The van der Waals surface area contributed by atoms with Crippen molar-refractivity contribution in [2.24, 2.45) is 0 Å². The molecule has 0 fully saturated rings. The van der Waals surface area contributed by atoms with E-state index in [9.17, 15) is 9.59 Å². The SMILES string of the molecule is CC(=O)c1c[nH]c(C(=O)NCCCCCc2nc(-c3cccs3)no2)c1. The Balaban J connectivity index is 1.33. The van der Waals surface area contributed by atoms with Crippen LogP contribution in [0.4, 0.5) is 0 Å². The average molecular weight is 372 g/mol. The Hall–Kier alpha value is -2.74. The van der Waals surface area contributed by atoms with Gasteiger partial charge >= 0.3 is 0 Å². The first kappa shape index (κ1) is 18.1. The minimum absolute atomic E-state index is 0.0661. The van der Waals surface area contributed by atoms with Crippen LogP contribution in [-0.4, -0.2) is 33.4 Å². The van der Waals surface area contributed by atoms with E-state index in [4.69, 9.17) is 4.52 Å². The summed E-state index contributed by atoms with van der Waals surface area (Å²) in [6.45, 7) is 2.05. The van der Waals surface area contributed by atoms with Crippen molar-refractivity contribution >= 4 is 23.0 Å². The number of rotatable bonds is 9. The van der Waals surface area contributed by atoms with Crippen molar-refractivity contribution in [1.82, 2.24) is 20.4 Å². The number of carbonyl (C=O) groups excluding carboxylic acids is 2. The highest BCUT2D eigenvalue weighted by molar-refractivity contribution is 7.13. The van der Waals surface area contributed by atoms with Crippen molar-refractivity contribution in [3.05, 3.63) is 46.9 Å². The Morgan fingerprint density at radius 2 is 2.19 bits per heavy atom. The molecule has 3 aromatic heterocycles. The Bertz CT molecular complexity index is 867. The molecule has 1 amide bonds. The van der Waals surface area contributed by atoms with Gasteiger partial charge in [-0.1, -0.05) is 17.6 Å². The van der Waals surface area contributed by atoms with Gasteiger partial charge in [0.15, 0.2) is 5.78 Å². The number of hydrogen-bond acceptors (Lipinski definition) is 6. The van der Waals surface area contributed by atoms with E-state index < -0.39 is 0 Å². The molecule has 3 heterocycles. The Kier molecular flexibility index (Phi) is 5.96. The molecule has 3 aromatic rings. The van der Waals surface area contributed by atoms with Gasteiger partial charge < -0.3 is 14.8 Å². The lowest BCUT2D eigenvalue weighted by Gasteiger charge is -2.03. The third-order valence-electron chi connectivity index (χ3n) is 3.90. The number of amides is 1. The summed E-state index contributed by atoms with van der Waals surface area (Å²) in [5, 5.41) is 8.81. The summed E-state index contributed by atoms with van der Waals surface area (Å²) in [7, 11) is 0. The molecule has 0 aliphatic heterocycles. The summed E-state index contributed by atoms with van der Waals surface area (Å²) < 4.78 is 5.26. The molecule has 0 atom stereocenters. The molecule has 0 bridgehead atoms. The third kappa shape index (κ3) is 4.66. The van der Waals surface area contributed by atoms with Crippen molar-refractivity contribution < 1.29 is 14.1 Å². The Labute approximate surface area is 154 Å². The Morgan fingerprint density at radius 1 is 1.31 bits per heavy atom. The van der Waals surface area contributed by atoms with E-state index in [-0.39, 0.29) is 11.7 Å².